The van der Waals surface area contributed by atoms with Gasteiger partial charge in [-0.15, -0.1) is 0 Å². The second kappa shape index (κ2) is 3.36. The van der Waals surface area contributed by atoms with E-state index in [1.807, 2.05) is 0 Å². The summed E-state index contributed by atoms with van der Waals surface area (Å²) in [6.07, 6.45) is 6.52. The number of hydrogen-bond acceptors (Lipinski definition) is 0. The van der Waals surface area contributed by atoms with Crippen LogP contribution in [0.3, 0.4) is 0 Å². The van der Waals surface area contributed by atoms with Crippen LogP contribution in [-0.2, 0) is 0 Å². The molecule has 0 aromatic rings. The molecule has 0 bridgehead atoms. The lowest BCUT2D eigenvalue weighted by atomic mass is 10.6. The Kier molecular flexibility index (Phi) is 3.46. The van der Waals surface area contributed by atoms with E-state index in [-0.39, 0.29) is 7.55 Å². The highest BCUT2D eigenvalue weighted by Crippen LogP contribution is 2.12. The Morgan fingerprint density at radius 2 is 2.17 bits per heavy atom. The highest BCUT2D eigenvalue weighted by Gasteiger charge is 1.88. The van der Waals surface area contributed by atoms with Crippen molar-refractivity contribution in [2.24, 2.45) is 0 Å². The minimum Gasteiger partial charge on any atom is -0.0615 e. The fraction of sp³-hybridized carbons (Fsp3) is 0.800. The maximum Gasteiger partial charge on any atom is 0.105 e. The second-order valence-corrected chi connectivity index (χ2v) is 3.74. The van der Waals surface area contributed by atoms with E-state index in [0.717, 1.165) is 0 Å². The quantitative estimate of drug-likeness (QED) is 0.468. The summed E-state index contributed by atoms with van der Waals surface area (Å²) in [7, 11) is 0.149. The highest BCUT2D eigenvalue weighted by molar-refractivity contribution is 7.54. The highest BCUT2D eigenvalue weighted by atomic mass is 31.1. The molecule has 1 unspecified atom stereocenters. The molecule has 0 N–H and O–H groups in total. The first-order valence-electron chi connectivity index (χ1n) is 2.29. The molecule has 0 heterocycles. The smallest absolute Gasteiger partial charge is 0.0615 e. The molecule has 1 atom stereocenters. The van der Waals surface area contributed by atoms with Crippen LogP contribution >= 0.6 is 7.55 Å². The molecule has 0 fully saturated rings. The van der Waals surface area contributed by atoms with Crippen molar-refractivity contribution in [3.8, 4) is 0 Å². The molecule has 0 aliphatic rings. The van der Waals surface area contributed by atoms with Gasteiger partial charge in [-0.1, -0.05) is 6.92 Å². The monoisotopic (exact) mass is 103 g/mol. The summed E-state index contributed by atoms with van der Waals surface area (Å²) < 4.78 is 0. The van der Waals surface area contributed by atoms with Crippen LogP contribution in [0.2, 0.25) is 0 Å². The molecule has 0 rings (SSSR count). The van der Waals surface area contributed by atoms with E-state index in [1.54, 1.807) is 0 Å². The van der Waals surface area contributed by atoms with Gasteiger partial charge in [-0.2, -0.15) is 0 Å². The Balaban J connectivity index is 2.83. The van der Waals surface area contributed by atoms with E-state index in [9.17, 15) is 0 Å². The number of rotatable bonds is 2. The topological polar surface area (TPSA) is 0 Å². The Morgan fingerprint density at radius 1 is 1.67 bits per heavy atom. The molecule has 36 valence electrons. The van der Waals surface area contributed by atoms with Crippen molar-refractivity contribution in [2.45, 2.75) is 13.3 Å². The molecule has 0 nitrogen and oxygen atoms in total. The van der Waals surface area contributed by atoms with Crippen LogP contribution in [0.4, 0.5) is 0 Å². The van der Waals surface area contributed by atoms with Gasteiger partial charge in [0.05, 0.1) is 20.5 Å². The first-order chi connectivity index (χ1) is 2.77. The summed E-state index contributed by atoms with van der Waals surface area (Å²) >= 11 is 0. The third-order valence-electron chi connectivity index (χ3n) is 0.605. The SMILES string of the molecule is C=[P+](C)CCC. The van der Waals surface area contributed by atoms with Gasteiger partial charge in [0, 0.05) is 0 Å². The third kappa shape index (κ3) is 4.17. The average Bonchev–Trinajstić information content (AvgIpc) is 1.35. The molecule has 1 heteroatoms. The maximum atomic E-state index is 3.89. The van der Waals surface area contributed by atoms with E-state index >= 15 is 0 Å². The fourth-order valence-corrected chi connectivity index (χ4v) is 1.15. The van der Waals surface area contributed by atoms with Crippen LogP contribution < -0.4 is 0 Å². The molecule has 0 saturated carbocycles. The zero-order chi connectivity index (χ0) is 4.99. The van der Waals surface area contributed by atoms with E-state index in [4.69, 9.17) is 0 Å². The second-order valence-electron chi connectivity index (χ2n) is 1.58. The molecule has 0 spiro atoms. The molecule has 0 aliphatic carbocycles. The van der Waals surface area contributed by atoms with E-state index in [0.29, 0.717) is 0 Å². The van der Waals surface area contributed by atoms with E-state index in [1.165, 1.54) is 12.6 Å². The predicted molar refractivity (Wildman–Crippen MR) is 35.1 cm³/mol. The molecule has 0 aliphatic heterocycles. The van der Waals surface area contributed by atoms with Crippen molar-refractivity contribution in [1.82, 2.24) is 0 Å². The summed E-state index contributed by atoms with van der Waals surface area (Å²) in [5.74, 6) is 0. The third-order valence-corrected chi connectivity index (χ3v) is 1.82. The van der Waals surface area contributed by atoms with Crippen LogP contribution in [0.25, 0.3) is 0 Å². The molecule has 0 aromatic heterocycles. The Morgan fingerprint density at radius 3 is 2.17 bits per heavy atom. The standard InChI is InChI=1S/C5H12P/c1-4-5-6(2)3/h2,4-5H2,1,3H3/q+1. The summed E-state index contributed by atoms with van der Waals surface area (Å²) in [5, 5.41) is 0. The lowest BCUT2D eigenvalue weighted by molar-refractivity contribution is 1.10. The van der Waals surface area contributed by atoms with Gasteiger partial charge in [0.15, 0.2) is 0 Å². The van der Waals surface area contributed by atoms with Crippen molar-refractivity contribution < 1.29 is 0 Å². The summed E-state index contributed by atoms with van der Waals surface area (Å²) in [6.45, 7) is 4.41. The normalized spacial score (nSPS) is 11.3. The van der Waals surface area contributed by atoms with Crippen LogP contribution in [0.5, 0.6) is 0 Å². The van der Waals surface area contributed by atoms with Crippen molar-refractivity contribution in [3.05, 3.63) is 0 Å². The summed E-state index contributed by atoms with van der Waals surface area (Å²) in [5.41, 5.74) is 0. The average molecular weight is 103 g/mol. The Bertz CT molecular complexity index is 47.9. The first kappa shape index (κ1) is 6.17. The lowest BCUT2D eigenvalue weighted by Gasteiger charge is -1.75. The molecular formula is C5H12P+. The van der Waals surface area contributed by atoms with Crippen LogP contribution in [0, 0.1) is 0 Å². The van der Waals surface area contributed by atoms with Gasteiger partial charge < -0.3 is 0 Å². The number of hydrogen-bond donors (Lipinski definition) is 0. The van der Waals surface area contributed by atoms with Crippen LogP contribution in [-0.4, -0.2) is 19.1 Å². The van der Waals surface area contributed by atoms with Crippen molar-refractivity contribution in [3.63, 3.8) is 0 Å². The molecule has 0 amide bonds. The van der Waals surface area contributed by atoms with Crippen LogP contribution in [0.1, 0.15) is 13.3 Å². The van der Waals surface area contributed by atoms with Crippen LogP contribution in [0.15, 0.2) is 0 Å². The van der Waals surface area contributed by atoms with E-state index < -0.39 is 0 Å². The lowest BCUT2D eigenvalue weighted by Crippen LogP contribution is -1.67. The Labute approximate surface area is 41.0 Å². The minimum atomic E-state index is 0.149. The van der Waals surface area contributed by atoms with Gasteiger partial charge in [-0.05, 0) is 6.42 Å². The zero-order valence-corrected chi connectivity index (χ0v) is 5.46. The fourth-order valence-electron chi connectivity index (χ4n) is 0.382. The maximum absolute atomic E-state index is 3.89. The van der Waals surface area contributed by atoms with Crippen molar-refractivity contribution >= 4 is 13.8 Å². The van der Waals surface area contributed by atoms with Gasteiger partial charge >= 0.3 is 0 Å². The van der Waals surface area contributed by atoms with E-state index in [2.05, 4.69) is 19.9 Å². The first-order valence-corrected chi connectivity index (χ1v) is 4.45. The molecule has 0 radical (unpaired) electrons. The summed E-state index contributed by atoms with van der Waals surface area (Å²) in [6, 6.07) is 0. The minimum absolute atomic E-state index is 0.149. The van der Waals surface area contributed by atoms with Gasteiger partial charge in [-0.25, -0.2) is 0 Å². The zero-order valence-electron chi connectivity index (χ0n) is 4.57. The van der Waals surface area contributed by atoms with Gasteiger partial charge in [0.1, 0.15) is 6.16 Å². The van der Waals surface area contributed by atoms with Crippen molar-refractivity contribution in [2.75, 3.05) is 12.8 Å². The molecule has 6 heavy (non-hydrogen) atoms. The van der Waals surface area contributed by atoms with Gasteiger partial charge in [0.25, 0.3) is 0 Å². The predicted octanol–water partition coefficient (Wildman–Crippen LogP) is 1.94. The molecule has 0 saturated heterocycles. The summed E-state index contributed by atoms with van der Waals surface area (Å²) in [4.78, 5) is 0. The largest absolute Gasteiger partial charge is 0.105 e. The van der Waals surface area contributed by atoms with Gasteiger partial charge in [0.2, 0.25) is 0 Å². The van der Waals surface area contributed by atoms with Gasteiger partial charge in [-0.3, -0.25) is 0 Å². The Hall–Kier alpha value is 0.170. The van der Waals surface area contributed by atoms with Crippen molar-refractivity contribution in [1.29, 1.82) is 0 Å². The molecule has 0 aromatic carbocycles. The molecular weight excluding hydrogens is 91.0 g/mol.